The molecule has 0 fully saturated rings. The smallest absolute Gasteiger partial charge is 0.323 e. The number of esters is 1. The van der Waals surface area contributed by atoms with Gasteiger partial charge in [-0.3, -0.25) is 4.79 Å². The topological polar surface area (TPSA) is 68.5 Å². The number of carbonyl (C=O) groups excluding carboxylic acids is 1. The Kier molecular flexibility index (Phi) is 4.95. The molecule has 0 bridgehead atoms. The van der Waals surface area contributed by atoms with Crippen LogP contribution in [-0.4, -0.2) is 36.8 Å². The van der Waals surface area contributed by atoms with Gasteiger partial charge in [0.2, 0.25) is 5.89 Å². The second-order valence-corrected chi connectivity index (χ2v) is 5.48. The Bertz CT molecular complexity index is 610. The maximum atomic E-state index is 12.2. The summed E-state index contributed by atoms with van der Waals surface area (Å²) < 4.78 is 11.3. The first-order valence-corrected chi connectivity index (χ1v) is 7.25. The van der Waals surface area contributed by atoms with E-state index in [-0.39, 0.29) is 5.89 Å². The monoisotopic (exact) mass is 353 g/mol. The van der Waals surface area contributed by atoms with Crippen LogP contribution < -0.4 is 4.90 Å². The van der Waals surface area contributed by atoms with E-state index >= 15 is 0 Å². The molecule has 0 aliphatic carbocycles. The molecule has 0 saturated carbocycles. The Hall–Kier alpha value is -1.89. The van der Waals surface area contributed by atoms with E-state index in [0.29, 0.717) is 12.6 Å². The highest BCUT2D eigenvalue weighted by atomic mass is 79.9. The Morgan fingerprint density at radius 3 is 2.57 bits per heavy atom. The van der Waals surface area contributed by atoms with Crippen LogP contribution in [0.4, 0.5) is 5.95 Å². The molecule has 0 radical (unpaired) electrons. The standard InChI is InChI=1S/C14H16BrN3O3/c1-4-20-13(19)11(9-5-7-10(15)8-6-9)12-16-14(17-21-12)18(2)3/h5-8,11H,4H2,1-3H3. The quantitative estimate of drug-likeness (QED) is 0.769. The number of carbonyl (C=O) groups is 1. The number of hydrogen-bond donors (Lipinski definition) is 0. The number of halogens is 1. The second-order valence-electron chi connectivity index (χ2n) is 4.56. The molecule has 1 aromatic heterocycles. The summed E-state index contributed by atoms with van der Waals surface area (Å²) in [5, 5.41) is 3.84. The van der Waals surface area contributed by atoms with E-state index in [9.17, 15) is 4.79 Å². The van der Waals surface area contributed by atoms with Crippen molar-refractivity contribution in [3.63, 3.8) is 0 Å². The lowest BCUT2D eigenvalue weighted by Crippen LogP contribution is -2.18. The van der Waals surface area contributed by atoms with Crippen LogP contribution in [0.2, 0.25) is 0 Å². The zero-order chi connectivity index (χ0) is 15.4. The number of ether oxygens (including phenoxy) is 1. The zero-order valence-corrected chi connectivity index (χ0v) is 13.6. The number of aromatic nitrogens is 2. The average Bonchev–Trinajstić information content (AvgIpc) is 2.91. The van der Waals surface area contributed by atoms with Crippen molar-refractivity contribution in [2.45, 2.75) is 12.8 Å². The van der Waals surface area contributed by atoms with Crippen molar-refractivity contribution in [2.75, 3.05) is 25.6 Å². The molecule has 0 spiro atoms. The Labute approximate surface area is 131 Å². The van der Waals surface area contributed by atoms with E-state index in [1.54, 1.807) is 25.9 Å². The molecule has 1 unspecified atom stereocenters. The van der Waals surface area contributed by atoms with Crippen LogP contribution in [0.3, 0.4) is 0 Å². The van der Waals surface area contributed by atoms with Crippen molar-refractivity contribution in [2.24, 2.45) is 0 Å². The van der Waals surface area contributed by atoms with E-state index in [0.717, 1.165) is 10.0 Å². The summed E-state index contributed by atoms with van der Waals surface area (Å²) in [6.45, 7) is 2.05. The van der Waals surface area contributed by atoms with Crippen LogP contribution >= 0.6 is 15.9 Å². The molecule has 0 aliphatic heterocycles. The summed E-state index contributed by atoms with van der Waals surface area (Å²) in [6.07, 6.45) is 0. The van der Waals surface area contributed by atoms with Gasteiger partial charge in [0.1, 0.15) is 0 Å². The Morgan fingerprint density at radius 2 is 2.05 bits per heavy atom. The van der Waals surface area contributed by atoms with E-state index in [2.05, 4.69) is 26.1 Å². The molecular formula is C14H16BrN3O3. The highest BCUT2D eigenvalue weighted by Gasteiger charge is 2.30. The van der Waals surface area contributed by atoms with Gasteiger partial charge >= 0.3 is 5.97 Å². The van der Waals surface area contributed by atoms with Crippen LogP contribution in [-0.2, 0) is 9.53 Å². The highest BCUT2D eigenvalue weighted by Crippen LogP contribution is 2.27. The fraction of sp³-hybridized carbons (Fsp3) is 0.357. The van der Waals surface area contributed by atoms with Crippen LogP contribution in [0.1, 0.15) is 24.3 Å². The number of hydrogen-bond acceptors (Lipinski definition) is 6. The molecular weight excluding hydrogens is 338 g/mol. The van der Waals surface area contributed by atoms with Crippen LogP contribution in [0.25, 0.3) is 0 Å². The zero-order valence-electron chi connectivity index (χ0n) is 12.0. The molecule has 2 rings (SSSR count). The lowest BCUT2D eigenvalue weighted by molar-refractivity contribution is -0.144. The summed E-state index contributed by atoms with van der Waals surface area (Å²) in [5.74, 6) is -0.496. The van der Waals surface area contributed by atoms with E-state index in [1.807, 2.05) is 24.3 Å². The molecule has 6 nitrogen and oxygen atoms in total. The Morgan fingerprint density at radius 1 is 1.38 bits per heavy atom. The summed E-state index contributed by atoms with van der Waals surface area (Å²) >= 11 is 3.37. The molecule has 21 heavy (non-hydrogen) atoms. The third-order valence-electron chi connectivity index (χ3n) is 2.80. The number of nitrogens with zero attached hydrogens (tertiary/aromatic N) is 3. The van der Waals surface area contributed by atoms with Gasteiger partial charge in [0.05, 0.1) is 6.61 Å². The molecule has 1 aromatic carbocycles. The fourth-order valence-corrected chi connectivity index (χ4v) is 2.05. The number of benzene rings is 1. The molecule has 0 N–H and O–H groups in total. The highest BCUT2D eigenvalue weighted by molar-refractivity contribution is 9.10. The first-order chi connectivity index (χ1) is 10.0. The van der Waals surface area contributed by atoms with Crippen molar-refractivity contribution in [1.82, 2.24) is 10.1 Å². The normalized spacial score (nSPS) is 12.0. The van der Waals surface area contributed by atoms with Crippen LogP contribution in [0.15, 0.2) is 33.3 Å². The minimum absolute atomic E-state index is 0.222. The first kappa shape index (κ1) is 15.5. The minimum atomic E-state index is -0.723. The summed E-state index contributed by atoms with van der Waals surface area (Å²) in [7, 11) is 3.60. The number of anilines is 1. The predicted octanol–water partition coefficient (Wildman–Crippen LogP) is 2.59. The van der Waals surface area contributed by atoms with Crippen molar-refractivity contribution in [3.8, 4) is 0 Å². The van der Waals surface area contributed by atoms with Crippen LogP contribution in [0.5, 0.6) is 0 Å². The lowest BCUT2D eigenvalue weighted by atomic mass is 9.99. The van der Waals surface area contributed by atoms with Gasteiger partial charge in [-0.05, 0) is 29.8 Å². The predicted molar refractivity (Wildman–Crippen MR) is 81.2 cm³/mol. The maximum absolute atomic E-state index is 12.2. The second kappa shape index (κ2) is 6.71. The van der Waals surface area contributed by atoms with Crippen molar-refractivity contribution in [3.05, 3.63) is 40.2 Å². The summed E-state index contributed by atoms with van der Waals surface area (Å²) in [4.78, 5) is 18.2. The summed E-state index contributed by atoms with van der Waals surface area (Å²) in [6, 6.07) is 7.35. The molecule has 0 saturated heterocycles. The molecule has 1 atom stereocenters. The molecule has 0 aliphatic rings. The molecule has 1 heterocycles. The fourth-order valence-electron chi connectivity index (χ4n) is 1.79. The largest absolute Gasteiger partial charge is 0.465 e. The van der Waals surface area contributed by atoms with Crippen molar-refractivity contribution < 1.29 is 14.1 Å². The summed E-state index contributed by atoms with van der Waals surface area (Å²) in [5.41, 5.74) is 0.741. The average molecular weight is 354 g/mol. The van der Waals surface area contributed by atoms with Gasteiger partial charge < -0.3 is 14.2 Å². The molecule has 7 heteroatoms. The van der Waals surface area contributed by atoms with Crippen LogP contribution in [0, 0.1) is 0 Å². The van der Waals surface area contributed by atoms with Gasteiger partial charge in [-0.2, -0.15) is 4.98 Å². The van der Waals surface area contributed by atoms with E-state index in [4.69, 9.17) is 9.26 Å². The molecule has 2 aromatic rings. The first-order valence-electron chi connectivity index (χ1n) is 6.46. The Balaban J connectivity index is 2.39. The van der Waals surface area contributed by atoms with Gasteiger partial charge in [-0.15, -0.1) is 0 Å². The molecule has 0 amide bonds. The molecule has 112 valence electrons. The van der Waals surface area contributed by atoms with Crippen molar-refractivity contribution in [1.29, 1.82) is 0 Å². The number of rotatable bonds is 5. The third-order valence-corrected chi connectivity index (χ3v) is 3.33. The minimum Gasteiger partial charge on any atom is -0.465 e. The van der Waals surface area contributed by atoms with Crippen molar-refractivity contribution >= 4 is 27.8 Å². The lowest BCUT2D eigenvalue weighted by Gasteiger charge is -2.12. The van der Waals surface area contributed by atoms with Gasteiger partial charge in [-0.1, -0.05) is 28.1 Å². The van der Waals surface area contributed by atoms with Gasteiger partial charge in [0, 0.05) is 18.6 Å². The maximum Gasteiger partial charge on any atom is 0.323 e. The van der Waals surface area contributed by atoms with Gasteiger partial charge in [0.15, 0.2) is 5.92 Å². The third kappa shape index (κ3) is 3.60. The van der Waals surface area contributed by atoms with Gasteiger partial charge in [0.25, 0.3) is 5.95 Å². The van der Waals surface area contributed by atoms with E-state index < -0.39 is 11.9 Å². The van der Waals surface area contributed by atoms with E-state index in [1.165, 1.54) is 0 Å². The van der Waals surface area contributed by atoms with Gasteiger partial charge in [-0.25, -0.2) is 0 Å². The SMILES string of the molecule is CCOC(=O)C(c1ccc(Br)cc1)c1nc(N(C)C)no1.